The molecule has 1 N–H and O–H groups in total. The summed E-state index contributed by atoms with van der Waals surface area (Å²) in [5.74, 6) is 0. The summed E-state index contributed by atoms with van der Waals surface area (Å²) in [4.78, 5) is 0. The van der Waals surface area contributed by atoms with Crippen LogP contribution in [0.25, 0.3) is 0 Å². The average molecular weight is 322 g/mol. The molecule has 0 amide bonds. The lowest BCUT2D eigenvalue weighted by Crippen LogP contribution is -2.38. The van der Waals surface area contributed by atoms with Crippen LogP contribution in [0.15, 0.2) is 18.2 Å². The topological polar surface area (TPSA) is 29.1 Å². The summed E-state index contributed by atoms with van der Waals surface area (Å²) in [5, 5.41) is 1.16. The van der Waals surface area contributed by atoms with Crippen LogP contribution in [0, 0.1) is 0 Å². The van der Waals surface area contributed by atoms with Crippen LogP contribution >= 0.6 is 23.2 Å². The number of hydrogen-bond acceptors (Lipinski definition) is 1. The van der Waals surface area contributed by atoms with Gasteiger partial charge in [-0.25, -0.2) is 8.93 Å². The third kappa shape index (κ3) is 5.82. The van der Waals surface area contributed by atoms with Crippen LogP contribution < -0.4 is 4.72 Å². The fourth-order valence-corrected chi connectivity index (χ4v) is 2.65. The van der Waals surface area contributed by atoms with E-state index in [1.54, 1.807) is 0 Å². The van der Waals surface area contributed by atoms with Crippen LogP contribution in [0.4, 0.5) is 0 Å². The highest BCUT2D eigenvalue weighted by atomic mass is 35.5. The maximum atomic E-state index is 11.9. The van der Waals surface area contributed by atoms with E-state index in [4.69, 9.17) is 23.2 Å². The molecule has 5 heteroatoms. The Morgan fingerprint density at radius 1 is 1.26 bits per heavy atom. The summed E-state index contributed by atoms with van der Waals surface area (Å²) in [6.45, 7) is 7.92. The van der Waals surface area contributed by atoms with Gasteiger partial charge in [0.1, 0.15) is 0 Å². The molecule has 0 saturated carbocycles. The molecule has 0 bridgehead atoms. The van der Waals surface area contributed by atoms with Crippen LogP contribution in [0.5, 0.6) is 0 Å². The molecular weight excluding hydrogens is 301 g/mol. The van der Waals surface area contributed by atoms with Gasteiger partial charge in [0, 0.05) is 6.04 Å². The van der Waals surface area contributed by atoms with Crippen molar-refractivity contribution in [3.8, 4) is 0 Å². The van der Waals surface area contributed by atoms with Crippen molar-refractivity contribution in [3.63, 3.8) is 0 Å². The Bertz CT molecular complexity index is 457. The van der Waals surface area contributed by atoms with Gasteiger partial charge in [0.05, 0.1) is 25.8 Å². The minimum atomic E-state index is -1.03. The van der Waals surface area contributed by atoms with E-state index in [9.17, 15) is 4.21 Å². The molecule has 0 fully saturated rings. The van der Waals surface area contributed by atoms with E-state index in [1.807, 2.05) is 45.9 Å². The van der Waals surface area contributed by atoms with Crippen molar-refractivity contribution < 1.29 is 4.21 Å². The average Bonchev–Trinajstić information content (AvgIpc) is 2.29. The molecule has 108 valence electrons. The van der Waals surface area contributed by atoms with Crippen LogP contribution in [0.3, 0.4) is 0 Å². The lowest BCUT2D eigenvalue weighted by Gasteiger charge is -2.22. The second-order valence-corrected chi connectivity index (χ2v) is 8.50. The van der Waals surface area contributed by atoms with E-state index in [1.165, 1.54) is 0 Å². The molecule has 0 spiro atoms. The van der Waals surface area contributed by atoms with E-state index in [-0.39, 0.29) is 10.8 Å². The highest BCUT2D eigenvalue weighted by Crippen LogP contribution is 2.23. The first kappa shape index (κ1) is 17.0. The van der Waals surface area contributed by atoms with Gasteiger partial charge >= 0.3 is 0 Å². The number of aryl methyl sites for hydroxylation is 1. The zero-order chi connectivity index (χ0) is 14.6. The van der Waals surface area contributed by atoms with E-state index < -0.39 is 11.0 Å². The van der Waals surface area contributed by atoms with Gasteiger partial charge in [0.2, 0.25) is 0 Å². The first-order valence-electron chi connectivity index (χ1n) is 6.32. The number of hydrogen-bond donors (Lipinski definition) is 1. The van der Waals surface area contributed by atoms with Crippen LogP contribution in [-0.2, 0) is 17.4 Å². The van der Waals surface area contributed by atoms with Crippen LogP contribution in [-0.4, -0.2) is 15.0 Å². The number of halogens is 2. The predicted molar refractivity (Wildman–Crippen MR) is 85.3 cm³/mol. The molecule has 19 heavy (non-hydrogen) atoms. The molecule has 0 aliphatic heterocycles. The first-order valence-corrected chi connectivity index (χ1v) is 8.22. The second-order valence-electron chi connectivity index (χ2n) is 5.69. The molecule has 1 aromatic carbocycles. The summed E-state index contributed by atoms with van der Waals surface area (Å²) >= 11 is 11.9. The highest BCUT2D eigenvalue weighted by Gasteiger charge is 2.20. The highest BCUT2D eigenvalue weighted by molar-refractivity contribution is 7.84. The number of nitrogens with one attached hydrogen (secondary N) is 1. The van der Waals surface area contributed by atoms with Gasteiger partial charge < -0.3 is 0 Å². The van der Waals surface area contributed by atoms with Crippen molar-refractivity contribution in [1.29, 1.82) is 0 Å². The molecule has 0 aromatic heterocycles. The quantitative estimate of drug-likeness (QED) is 0.857. The van der Waals surface area contributed by atoms with Crippen molar-refractivity contribution in [3.05, 3.63) is 33.8 Å². The Labute approximate surface area is 128 Å². The third-order valence-corrected chi connectivity index (χ3v) is 5.18. The lowest BCUT2D eigenvalue weighted by molar-refractivity contribution is 0.581. The van der Waals surface area contributed by atoms with Crippen molar-refractivity contribution in [2.45, 2.75) is 51.3 Å². The fraction of sp³-hybridized carbons (Fsp3) is 0.571. The lowest BCUT2D eigenvalue weighted by atomic mass is 10.1. The Hall–Kier alpha value is -0.0900. The van der Waals surface area contributed by atoms with Gasteiger partial charge in [-0.2, -0.15) is 0 Å². The van der Waals surface area contributed by atoms with Gasteiger partial charge in [-0.15, -0.1) is 0 Å². The Kier molecular flexibility index (Phi) is 6.31. The second kappa shape index (κ2) is 7.07. The van der Waals surface area contributed by atoms with Gasteiger partial charge in [0.15, 0.2) is 0 Å². The maximum absolute atomic E-state index is 11.9. The minimum absolute atomic E-state index is 0.189. The van der Waals surface area contributed by atoms with Crippen molar-refractivity contribution >= 4 is 34.2 Å². The Balaban J connectivity index is 2.48. The van der Waals surface area contributed by atoms with E-state index >= 15 is 0 Å². The molecule has 0 saturated heterocycles. The van der Waals surface area contributed by atoms with Gasteiger partial charge in [-0.1, -0.05) is 29.3 Å². The van der Waals surface area contributed by atoms with Crippen molar-refractivity contribution in [1.82, 2.24) is 4.72 Å². The summed E-state index contributed by atoms with van der Waals surface area (Å²) in [5.41, 5.74) is 1.14. The minimum Gasteiger partial charge on any atom is -0.242 e. The number of benzene rings is 1. The van der Waals surface area contributed by atoms with Crippen molar-refractivity contribution in [2.75, 3.05) is 0 Å². The SMILES string of the molecule is C[C@@H](CCc1ccc(Cl)c(Cl)c1)N[S@@](=O)C(C)(C)C. The summed E-state index contributed by atoms with van der Waals surface area (Å²) in [6.07, 6.45) is 1.78. The molecule has 1 aromatic rings. The third-order valence-electron chi connectivity index (χ3n) is 2.71. The largest absolute Gasteiger partial charge is 0.242 e. The molecular formula is C14H21Cl2NOS. The monoisotopic (exact) mass is 321 g/mol. The zero-order valence-corrected chi connectivity index (χ0v) is 14.1. The normalized spacial score (nSPS) is 15.3. The van der Waals surface area contributed by atoms with Crippen molar-refractivity contribution in [2.24, 2.45) is 0 Å². The molecule has 1 rings (SSSR count). The smallest absolute Gasteiger partial charge is 0.0972 e. The molecule has 0 aliphatic rings. The van der Waals surface area contributed by atoms with Gasteiger partial charge in [-0.05, 0) is 58.2 Å². The van der Waals surface area contributed by atoms with Crippen LogP contribution in [0.1, 0.15) is 39.7 Å². The molecule has 2 atom stereocenters. The first-order chi connectivity index (χ1) is 8.70. The standard InChI is InChI=1S/C14H21Cl2NOS/c1-10(17-19(18)14(2,3)4)5-6-11-7-8-12(15)13(16)9-11/h7-10,17H,5-6H2,1-4H3/t10-,19-/m0/s1. The summed E-state index contributed by atoms with van der Waals surface area (Å²) < 4.78 is 14.8. The van der Waals surface area contributed by atoms with E-state index in [2.05, 4.69) is 4.72 Å². The summed E-state index contributed by atoms with van der Waals surface area (Å²) in [7, 11) is -1.03. The molecule has 2 nitrogen and oxygen atoms in total. The van der Waals surface area contributed by atoms with E-state index in [0.717, 1.165) is 18.4 Å². The Morgan fingerprint density at radius 3 is 2.42 bits per heavy atom. The Morgan fingerprint density at radius 2 is 1.89 bits per heavy atom. The van der Waals surface area contributed by atoms with Crippen LogP contribution in [0.2, 0.25) is 10.0 Å². The number of rotatable bonds is 5. The maximum Gasteiger partial charge on any atom is 0.0972 e. The van der Waals surface area contributed by atoms with Gasteiger partial charge in [-0.3, -0.25) is 0 Å². The molecule has 0 unspecified atom stereocenters. The predicted octanol–water partition coefficient (Wildman–Crippen LogP) is 4.37. The van der Waals surface area contributed by atoms with E-state index in [0.29, 0.717) is 10.0 Å². The van der Waals surface area contributed by atoms with Gasteiger partial charge in [0.25, 0.3) is 0 Å². The molecule has 0 aliphatic carbocycles. The fourth-order valence-electron chi connectivity index (χ4n) is 1.50. The molecule has 0 heterocycles. The molecule has 0 radical (unpaired) electrons. The zero-order valence-electron chi connectivity index (χ0n) is 11.8. The summed E-state index contributed by atoms with van der Waals surface area (Å²) in [6, 6.07) is 5.86.